The molecule has 0 aliphatic rings. The van der Waals surface area contributed by atoms with E-state index in [0.29, 0.717) is 31.1 Å². The average molecular weight is 731 g/mol. The van der Waals surface area contributed by atoms with Crippen LogP contribution in [0.2, 0.25) is 0 Å². The van der Waals surface area contributed by atoms with Gasteiger partial charge in [0.1, 0.15) is 0 Å². The SMILES string of the molecule is CC(C)C(C(C)O)C(C)O.CCCC(CCO)C(C)O.CCCC(CO)CCCO.CCCC(O)(CO)C(C)C.CCCC(O)(CO)CCC. The van der Waals surface area contributed by atoms with Crippen LogP contribution < -0.4 is 0 Å². The molecule has 50 heavy (non-hydrogen) atoms. The van der Waals surface area contributed by atoms with Crippen molar-refractivity contribution in [2.24, 2.45) is 29.6 Å². The molecule has 6 unspecified atom stereocenters. The van der Waals surface area contributed by atoms with E-state index in [-0.39, 0.29) is 56.9 Å². The van der Waals surface area contributed by atoms with Crippen LogP contribution in [0.15, 0.2) is 0 Å². The molecule has 0 fully saturated rings. The minimum Gasteiger partial charge on any atom is -0.396 e. The second kappa shape index (κ2) is 38.3. The second-order valence-electron chi connectivity index (χ2n) is 14.9. The fourth-order valence-corrected chi connectivity index (χ4v) is 5.99. The summed E-state index contributed by atoms with van der Waals surface area (Å²) in [6.07, 6.45) is 10.6. The van der Waals surface area contributed by atoms with E-state index in [9.17, 15) is 20.4 Å². The highest BCUT2D eigenvalue weighted by Gasteiger charge is 2.28. The van der Waals surface area contributed by atoms with Gasteiger partial charge < -0.3 is 51.1 Å². The van der Waals surface area contributed by atoms with E-state index in [1.54, 1.807) is 20.8 Å². The van der Waals surface area contributed by atoms with E-state index in [2.05, 4.69) is 13.8 Å². The van der Waals surface area contributed by atoms with Crippen molar-refractivity contribution >= 4 is 0 Å². The summed E-state index contributed by atoms with van der Waals surface area (Å²) in [4.78, 5) is 0. The van der Waals surface area contributed by atoms with Crippen molar-refractivity contribution in [2.75, 3.05) is 33.0 Å². The second-order valence-corrected chi connectivity index (χ2v) is 14.9. The first-order valence-electron chi connectivity index (χ1n) is 19.8. The lowest BCUT2D eigenvalue weighted by Gasteiger charge is -2.29. The van der Waals surface area contributed by atoms with Gasteiger partial charge in [0.2, 0.25) is 0 Å². The van der Waals surface area contributed by atoms with Gasteiger partial charge in [0.05, 0.1) is 42.7 Å². The largest absolute Gasteiger partial charge is 0.396 e. The average Bonchev–Trinajstić information content (AvgIpc) is 3.03. The summed E-state index contributed by atoms with van der Waals surface area (Å²) >= 11 is 0. The van der Waals surface area contributed by atoms with Gasteiger partial charge in [-0.25, -0.2) is 0 Å². The van der Waals surface area contributed by atoms with Gasteiger partial charge in [-0.1, -0.05) is 94.4 Å². The smallest absolute Gasteiger partial charge is 0.0899 e. The molecule has 10 N–H and O–H groups in total. The lowest BCUT2D eigenvalue weighted by atomic mass is 9.87. The third-order valence-corrected chi connectivity index (χ3v) is 9.21. The fourth-order valence-electron chi connectivity index (χ4n) is 5.99. The predicted molar refractivity (Wildman–Crippen MR) is 209 cm³/mol. The number of hydrogen-bond donors (Lipinski definition) is 10. The molecule has 310 valence electrons. The highest BCUT2D eigenvalue weighted by atomic mass is 16.3. The molecule has 10 nitrogen and oxygen atoms in total. The Balaban J connectivity index is -0.000000169. The summed E-state index contributed by atoms with van der Waals surface area (Å²) in [5, 5.41) is 90.3. The zero-order valence-electron chi connectivity index (χ0n) is 34.8. The molecular weight excluding hydrogens is 640 g/mol. The monoisotopic (exact) mass is 731 g/mol. The maximum atomic E-state index is 9.65. The van der Waals surface area contributed by atoms with Crippen molar-refractivity contribution in [1.82, 2.24) is 0 Å². The van der Waals surface area contributed by atoms with Crippen molar-refractivity contribution in [1.29, 1.82) is 0 Å². The van der Waals surface area contributed by atoms with Crippen LogP contribution in [-0.4, -0.2) is 114 Å². The van der Waals surface area contributed by atoms with Crippen molar-refractivity contribution < 1.29 is 51.1 Å². The topological polar surface area (TPSA) is 202 Å². The summed E-state index contributed by atoms with van der Waals surface area (Å²) < 4.78 is 0. The van der Waals surface area contributed by atoms with E-state index < -0.39 is 23.4 Å². The van der Waals surface area contributed by atoms with E-state index in [4.69, 9.17) is 30.6 Å². The van der Waals surface area contributed by atoms with Gasteiger partial charge in [-0.2, -0.15) is 0 Å². The van der Waals surface area contributed by atoms with Gasteiger partial charge in [0.15, 0.2) is 0 Å². The Hall–Kier alpha value is -0.400. The molecule has 0 saturated carbocycles. The number of hydrogen-bond acceptors (Lipinski definition) is 10. The Labute approximate surface area is 309 Å². The fraction of sp³-hybridized carbons (Fsp3) is 1.00. The van der Waals surface area contributed by atoms with Gasteiger partial charge in [0, 0.05) is 25.7 Å². The number of aliphatic hydroxyl groups excluding tert-OH is 8. The summed E-state index contributed by atoms with van der Waals surface area (Å²) in [6, 6.07) is 0. The lowest BCUT2D eigenvalue weighted by Crippen LogP contribution is -2.38. The molecule has 0 bridgehead atoms. The van der Waals surface area contributed by atoms with Gasteiger partial charge in [0.25, 0.3) is 0 Å². The van der Waals surface area contributed by atoms with Crippen molar-refractivity contribution in [3.05, 3.63) is 0 Å². The van der Waals surface area contributed by atoms with Crippen LogP contribution in [0.1, 0.15) is 167 Å². The van der Waals surface area contributed by atoms with Crippen LogP contribution in [0.3, 0.4) is 0 Å². The zero-order chi connectivity index (χ0) is 40.3. The van der Waals surface area contributed by atoms with Crippen LogP contribution in [0.25, 0.3) is 0 Å². The van der Waals surface area contributed by atoms with E-state index in [1.807, 2.05) is 48.5 Å². The molecule has 0 heterocycles. The quantitative estimate of drug-likeness (QED) is 0.0610. The van der Waals surface area contributed by atoms with Crippen molar-refractivity contribution in [2.45, 2.75) is 196 Å². The Bertz CT molecular complexity index is 615. The Morgan fingerprint density at radius 2 is 0.960 bits per heavy atom. The van der Waals surface area contributed by atoms with E-state index in [1.165, 1.54) is 0 Å². The molecule has 0 rings (SSSR count). The molecule has 0 aliphatic carbocycles. The highest BCUT2D eigenvalue weighted by molar-refractivity contribution is 4.80. The van der Waals surface area contributed by atoms with Crippen molar-refractivity contribution in [3.63, 3.8) is 0 Å². The van der Waals surface area contributed by atoms with Gasteiger partial charge >= 0.3 is 0 Å². The Morgan fingerprint density at radius 1 is 0.500 bits per heavy atom. The summed E-state index contributed by atoms with van der Waals surface area (Å²) in [6.45, 7) is 23.8. The summed E-state index contributed by atoms with van der Waals surface area (Å²) in [7, 11) is 0. The summed E-state index contributed by atoms with van der Waals surface area (Å²) in [5.41, 5.74) is -1.65. The minimum absolute atomic E-state index is 0.000000000000000222. The molecule has 0 spiro atoms. The van der Waals surface area contributed by atoms with E-state index >= 15 is 0 Å². The van der Waals surface area contributed by atoms with Crippen LogP contribution in [0.5, 0.6) is 0 Å². The third-order valence-electron chi connectivity index (χ3n) is 9.21. The van der Waals surface area contributed by atoms with Crippen LogP contribution in [0, 0.1) is 29.6 Å². The number of aliphatic hydroxyl groups is 10. The normalized spacial score (nSPS) is 16.1. The molecule has 0 radical (unpaired) electrons. The predicted octanol–water partition coefficient (Wildman–Crippen LogP) is 5.83. The van der Waals surface area contributed by atoms with Crippen LogP contribution in [0.4, 0.5) is 0 Å². The molecule has 0 aliphatic heterocycles. The Morgan fingerprint density at radius 3 is 1.16 bits per heavy atom. The molecule has 0 amide bonds. The van der Waals surface area contributed by atoms with Gasteiger partial charge in [-0.15, -0.1) is 0 Å². The van der Waals surface area contributed by atoms with Gasteiger partial charge in [-0.3, -0.25) is 0 Å². The lowest BCUT2D eigenvalue weighted by molar-refractivity contribution is -0.0576. The molecule has 0 saturated heterocycles. The summed E-state index contributed by atoms with van der Waals surface area (Å²) in [5.74, 6) is 1.17. The highest BCUT2D eigenvalue weighted by Crippen LogP contribution is 2.22. The maximum Gasteiger partial charge on any atom is 0.0899 e. The van der Waals surface area contributed by atoms with Crippen LogP contribution in [-0.2, 0) is 0 Å². The van der Waals surface area contributed by atoms with Crippen LogP contribution >= 0.6 is 0 Å². The first-order valence-corrected chi connectivity index (χ1v) is 19.8. The zero-order valence-corrected chi connectivity index (χ0v) is 34.8. The molecule has 6 atom stereocenters. The standard InChI is InChI=1S/5C8H18O2/c1-5(2)8(6(3)9)7(4)10;1-4-5-8(10,6-9)7(2)3;1-3-4-8(5-6-9)7(2)10;1-3-5-8(10,7-9)6-4-2;1-2-4-8(7-10)5-3-6-9/h5-10H,1-4H3;7,9-10H,4-6H2,1-3H3;7-10H,3-6H2,1-2H3;9-10H,3-7H2,1-2H3;8-10H,2-7H2,1H3. The van der Waals surface area contributed by atoms with Crippen molar-refractivity contribution in [3.8, 4) is 0 Å². The molecule has 10 heteroatoms. The van der Waals surface area contributed by atoms with Gasteiger partial charge in [-0.05, 0) is 95.8 Å². The molecule has 0 aromatic carbocycles. The van der Waals surface area contributed by atoms with E-state index in [0.717, 1.165) is 64.2 Å². The molecule has 0 aromatic rings. The third kappa shape index (κ3) is 34.7. The first kappa shape index (κ1) is 58.9. The molecular formula is C40H90O10. The minimum atomic E-state index is -0.852. The Kier molecular flexibility index (Phi) is 45.1. The first-order chi connectivity index (χ1) is 23.3. The number of rotatable bonds is 23. The maximum absolute atomic E-state index is 9.65. The molecule has 0 aromatic heterocycles.